The minimum Gasteiger partial charge on any atom is -0.405 e. The summed E-state index contributed by atoms with van der Waals surface area (Å²) in [5.74, 6) is 0.409. The zero-order valence-electron chi connectivity index (χ0n) is 13.4. The molecular weight excluding hydrogens is 346 g/mol. The summed E-state index contributed by atoms with van der Waals surface area (Å²) in [5, 5.41) is 0. The summed E-state index contributed by atoms with van der Waals surface area (Å²) in [6, 6.07) is 0. The molecule has 22 heavy (non-hydrogen) atoms. The SMILES string of the molecule is COC[C@@]12CC[C@@](COC)(C[C@@H](C(=C/C=C/N)/C=C/Br)C1)O2. The van der Waals surface area contributed by atoms with Gasteiger partial charge in [-0.3, -0.25) is 0 Å². The Bertz CT molecular complexity index is 441. The first-order valence-electron chi connectivity index (χ1n) is 7.66. The van der Waals surface area contributed by atoms with Gasteiger partial charge in [0.2, 0.25) is 0 Å². The largest absolute Gasteiger partial charge is 0.405 e. The van der Waals surface area contributed by atoms with Gasteiger partial charge in [-0.05, 0) is 54.4 Å². The zero-order valence-corrected chi connectivity index (χ0v) is 15.0. The molecule has 4 nitrogen and oxygen atoms in total. The molecule has 0 radical (unpaired) electrons. The van der Waals surface area contributed by atoms with Crippen LogP contribution in [0.15, 0.2) is 35.0 Å². The van der Waals surface area contributed by atoms with E-state index in [1.165, 1.54) is 5.57 Å². The van der Waals surface area contributed by atoms with Crippen LogP contribution in [0.1, 0.15) is 25.7 Å². The van der Waals surface area contributed by atoms with Crippen LogP contribution in [0.5, 0.6) is 0 Å². The van der Waals surface area contributed by atoms with E-state index in [0.717, 1.165) is 25.7 Å². The van der Waals surface area contributed by atoms with Crippen molar-refractivity contribution in [1.29, 1.82) is 0 Å². The maximum atomic E-state index is 6.46. The van der Waals surface area contributed by atoms with E-state index >= 15 is 0 Å². The first kappa shape index (κ1) is 17.7. The fourth-order valence-corrected chi connectivity index (χ4v) is 4.23. The molecule has 2 aliphatic heterocycles. The average Bonchev–Trinajstić information content (AvgIpc) is 2.75. The molecule has 124 valence electrons. The van der Waals surface area contributed by atoms with Crippen molar-refractivity contribution in [2.45, 2.75) is 36.9 Å². The number of ether oxygens (including phenoxy) is 3. The Labute approximate surface area is 141 Å². The highest BCUT2D eigenvalue weighted by molar-refractivity contribution is 9.11. The van der Waals surface area contributed by atoms with Gasteiger partial charge in [-0.2, -0.15) is 0 Å². The molecule has 2 bridgehead atoms. The average molecular weight is 372 g/mol. The van der Waals surface area contributed by atoms with Gasteiger partial charge in [-0.1, -0.05) is 28.1 Å². The highest BCUT2D eigenvalue weighted by atomic mass is 79.9. The van der Waals surface area contributed by atoms with E-state index in [0.29, 0.717) is 19.1 Å². The van der Waals surface area contributed by atoms with Crippen LogP contribution in [-0.2, 0) is 14.2 Å². The molecular formula is C17H26BrNO3. The number of halogens is 1. The van der Waals surface area contributed by atoms with Crippen LogP contribution >= 0.6 is 15.9 Å². The first-order chi connectivity index (χ1) is 10.6. The van der Waals surface area contributed by atoms with Crippen LogP contribution in [0.2, 0.25) is 0 Å². The summed E-state index contributed by atoms with van der Waals surface area (Å²) in [6.07, 6.45) is 11.6. The molecule has 2 rings (SSSR count). The summed E-state index contributed by atoms with van der Waals surface area (Å²) >= 11 is 3.39. The van der Waals surface area contributed by atoms with E-state index in [4.69, 9.17) is 19.9 Å². The number of allylic oxidation sites excluding steroid dienone is 4. The quantitative estimate of drug-likeness (QED) is 0.697. The number of fused-ring (bicyclic) bond motifs is 2. The first-order valence-corrected chi connectivity index (χ1v) is 8.57. The molecule has 5 heteroatoms. The van der Waals surface area contributed by atoms with Gasteiger partial charge in [0.1, 0.15) is 0 Å². The van der Waals surface area contributed by atoms with Gasteiger partial charge in [0.15, 0.2) is 0 Å². The third kappa shape index (κ3) is 3.82. The highest BCUT2D eigenvalue weighted by Crippen LogP contribution is 2.52. The third-order valence-corrected chi connectivity index (χ3v) is 4.91. The molecule has 0 aromatic heterocycles. The van der Waals surface area contributed by atoms with Crippen LogP contribution in [0, 0.1) is 5.92 Å². The van der Waals surface area contributed by atoms with E-state index in [-0.39, 0.29) is 11.2 Å². The lowest BCUT2D eigenvalue weighted by Gasteiger charge is -2.44. The van der Waals surface area contributed by atoms with Gasteiger partial charge in [-0.15, -0.1) is 0 Å². The molecule has 0 aromatic carbocycles. The van der Waals surface area contributed by atoms with E-state index in [1.807, 2.05) is 11.1 Å². The van der Waals surface area contributed by atoms with Gasteiger partial charge in [-0.25, -0.2) is 0 Å². The third-order valence-electron chi connectivity index (χ3n) is 4.65. The van der Waals surface area contributed by atoms with Gasteiger partial charge in [0.05, 0.1) is 24.4 Å². The number of hydrogen-bond donors (Lipinski definition) is 1. The Balaban J connectivity index is 2.28. The standard InChI is InChI=1S/C17H26BrNO3/c1-20-12-16-6-7-17(22-16,13-21-2)11-15(10-16)14(5-8-18)4-3-9-19/h3-5,8-9,15H,6-7,10-13,19H2,1-2H3/b8-5+,9-3+,14-4+/t15-,16+,17-. The lowest BCUT2D eigenvalue weighted by molar-refractivity contribution is -0.188. The topological polar surface area (TPSA) is 53.7 Å². The lowest BCUT2D eigenvalue weighted by Crippen LogP contribution is -2.48. The van der Waals surface area contributed by atoms with Crippen molar-refractivity contribution in [3.63, 3.8) is 0 Å². The number of nitrogens with two attached hydrogens (primary N) is 1. The minimum absolute atomic E-state index is 0.193. The van der Waals surface area contributed by atoms with E-state index in [2.05, 4.69) is 28.1 Å². The van der Waals surface area contributed by atoms with Crippen molar-refractivity contribution in [3.05, 3.63) is 35.0 Å². The summed E-state index contributed by atoms with van der Waals surface area (Å²) in [5.41, 5.74) is 6.36. The molecule has 0 spiro atoms. The summed E-state index contributed by atoms with van der Waals surface area (Å²) in [4.78, 5) is 1.90. The van der Waals surface area contributed by atoms with Crippen molar-refractivity contribution in [1.82, 2.24) is 0 Å². The molecule has 2 saturated heterocycles. The fourth-order valence-electron chi connectivity index (χ4n) is 3.92. The fraction of sp³-hybridized carbons (Fsp3) is 0.647. The highest BCUT2D eigenvalue weighted by Gasteiger charge is 2.55. The van der Waals surface area contributed by atoms with Crippen LogP contribution in [-0.4, -0.2) is 38.6 Å². The van der Waals surface area contributed by atoms with E-state index < -0.39 is 0 Å². The second kappa shape index (κ2) is 7.77. The predicted octanol–water partition coefficient (Wildman–Crippen LogP) is 3.28. The van der Waals surface area contributed by atoms with Crippen molar-refractivity contribution >= 4 is 15.9 Å². The zero-order chi connectivity index (χ0) is 16.1. The number of methoxy groups -OCH3 is 2. The van der Waals surface area contributed by atoms with Crippen molar-refractivity contribution < 1.29 is 14.2 Å². The number of rotatable bonds is 7. The van der Waals surface area contributed by atoms with Crippen molar-refractivity contribution in [2.24, 2.45) is 11.7 Å². The maximum absolute atomic E-state index is 6.46. The number of hydrogen-bond acceptors (Lipinski definition) is 4. The van der Waals surface area contributed by atoms with Crippen molar-refractivity contribution in [3.8, 4) is 0 Å². The normalized spacial score (nSPS) is 35.8. The molecule has 2 heterocycles. The lowest BCUT2D eigenvalue weighted by atomic mass is 9.79. The Morgan fingerprint density at radius 2 is 1.82 bits per heavy atom. The van der Waals surface area contributed by atoms with Crippen LogP contribution in [0.25, 0.3) is 0 Å². The Hall–Kier alpha value is -0.620. The smallest absolute Gasteiger partial charge is 0.0930 e. The Morgan fingerprint density at radius 3 is 2.27 bits per heavy atom. The molecule has 0 amide bonds. The second-order valence-electron chi connectivity index (χ2n) is 6.28. The molecule has 0 unspecified atom stereocenters. The monoisotopic (exact) mass is 371 g/mol. The summed E-state index contributed by atoms with van der Waals surface area (Å²) in [6.45, 7) is 1.26. The predicted molar refractivity (Wildman–Crippen MR) is 91.7 cm³/mol. The van der Waals surface area contributed by atoms with Crippen LogP contribution in [0.4, 0.5) is 0 Å². The Morgan fingerprint density at radius 1 is 1.23 bits per heavy atom. The van der Waals surface area contributed by atoms with Crippen molar-refractivity contribution in [2.75, 3.05) is 27.4 Å². The molecule has 2 N–H and O–H groups in total. The summed E-state index contributed by atoms with van der Waals surface area (Å²) < 4.78 is 17.4. The van der Waals surface area contributed by atoms with Gasteiger partial charge in [0, 0.05) is 14.2 Å². The minimum atomic E-state index is -0.193. The molecule has 2 aliphatic rings. The van der Waals surface area contributed by atoms with Crippen LogP contribution in [0.3, 0.4) is 0 Å². The molecule has 0 aliphatic carbocycles. The van der Waals surface area contributed by atoms with Gasteiger partial charge >= 0.3 is 0 Å². The molecule has 2 fully saturated rings. The van der Waals surface area contributed by atoms with Gasteiger partial charge < -0.3 is 19.9 Å². The Kier molecular flexibility index (Phi) is 6.26. The summed E-state index contributed by atoms with van der Waals surface area (Å²) in [7, 11) is 3.48. The van der Waals surface area contributed by atoms with Crippen LogP contribution < -0.4 is 5.73 Å². The van der Waals surface area contributed by atoms with E-state index in [1.54, 1.807) is 20.4 Å². The molecule has 3 atom stereocenters. The van der Waals surface area contributed by atoms with Gasteiger partial charge in [0.25, 0.3) is 0 Å². The molecule has 0 aromatic rings. The maximum Gasteiger partial charge on any atom is 0.0930 e. The molecule has 0 saturated carbocycles. The second-order valence-corrected chi connectivity index (χ2v) is 6.81. The van der Waals surface area contributed by atoms with E-state index in [9.17, 15) is 0 Å².